The van der Waals surface area contributed by atoms with Gasteiger partial charge in [0.2, 0.25) is 0 Å². The Morgan fingerprint density at radius 3 is 2.73 bits per heavy atom. The van der Waals surface area contributed by atoms with Gasteiger partial charge in [-0.25, -0.2) is 4.39 Å². The minimum atomic E-state index is -1.05. The van der Waals surface area contributed by atoms with E-state index in [0.29, 0.717) is 24.2 Å². The van der Waals surface area contributed by atoms with E-state index in [-0.39, 0.29) is 16.9 Å². The summed E-state index contributed by atoms with van der Waals surface area (Å²) in [6, 6.07) is 0. The maximum Gasteiger partial charge on any atom is 0.127 e. The zero-order valence-electron chi connectivity index (χ0n) is 13.8. The zero-order chi connectivity index (χ0) is 15.7. The molecule has 0 unspecified atom stereocenters. The molecule has 22 heavy (non-hydrogen) atoms. The minimum Gasteiger partial charge on any atom is -0.393 e. The van der Waals surface area contributed by atoms with Crippen LogP contribution in [0.3, 0.4) is 0 Å². The van der Waals surface area contributed by atoms with E-state index in [2.05, 4.69) is 19.9 Å². The van der Waals surface area contributed by atoms with E-state index in [1.54, 1.807) is 0 Å². The highest BCUT2D eigenvalue weighted by molar-refractivity contribution is 5.25. The van der Waals surface area contributed by atoms with Crippen LogP contribution in [0.25, 0.3) is 0 Å². The zero-order valence-corrected chi connectivity index (χ0v) is 13.8. The van der Waals surface area contributed by atoms with Gasteiger partial charge in [0.15, 0.2) is 0 Å². The first-order valence-electron chi connectivity index (χ1n) is 9.06. The Morgan fingerprint density at radius 1 is 1.18 bits per heavy atom. The largest absolute Gasteiger partial charge is 0.393 e. The normalized spacial score (nSPS) is 57.6. The average molecular weight is 308 g/mol. The van der Waals surface area contributed by atoms with Gasteiger partial charge in [0, 0.05) is 0 Å². The summed E-state index contributed by atoms with van der Waals surface area (Å²) in [4.78, 5) is 0. The van der Waals surface area contributed by atoms with Crippen molar-refractivity contribution < 1.29 is 14.6 Å². The molecule has 2 nitrogen and oxygen atoms in total. The molecule has 0 aromatic carbocycles. The standard InChI is InChI=1S/C19H29FO2/c1-18-8-7-14-13(15(18)9-16(20)17(18)22)6-4-11-3-5-12(21)10-19(11,14)2/h3,12-17,21-22H,4-10H2,1-2H3/t12-,13+,14-,15-,16+,17-,18-,19-/m0/s1. The summed E-state index contributed by atoms with van der Waals surface area (Å²) >= 11 is 0. The van der Waals surface area contributed by atoms with Gasteiger partial charge in [-0.1, -0.05) is 25.5 Å². The molecular weight excluding hydrogens is 279 g/mol. The van der Waals surface area contributed by atoms with Gasteiger partial charge in [-0.3, -0.25) is 0 Å². The molecule has 0 aliphatic heterocycles. The van der Waals surface area contributed by atoms with Crippen LogP contribution in [0.4, 0.5) is 4.39 Å². The van der Waals surface area contributed by atoms with Crippen LogP contribution in [-0.2, 0) is 0 Å². The molecule has 0 aromatic rings. The summed E-state index contributed by atoms with van der Waals surface area (Å²) in [5.41, 5.74) is 1.41. The van der Waals surface area contributed by atoms with Crippen LogP contribution in [0.15, 0.2) is 11.6 Å². The third-order valence-electron chi connectivity index (χ3n) is 7.97. The second-order valence-corrected chi connectivity index (χ2v) is 8.90. The number of fused-ring (bicyclic) bond motifs is 5. The van der Waals surface area contributed by atoms with Crippen LogP contribution in [-0.4, -0.2) is 28.6 Å². The molecule has 4 aliphatic carbocycles. The minimum absolute atomic E-state index is 0.0985. The summed E-state index contributed by atoms with van der Waals surface area (Å²) in [7, 11) is 0. The van der Waals surface area contributed by atoms with E-state index in [1.807, 2.05) is 0 Å². The van der Waals surface area contributed by atoms with Gasteiger partial charge in [0.05, 0.1) is 12.2 Å². The number of hydrogen-bond donors (Lipinski definition) is 2. The molecule has 0 amide bonds. The first kappa shape index (κ1) is 15.1. The van der Waals surface area contributed by atoms with E-state index >= 15 is 0 Å². The molecule has 3 fully saturated rings. The first-order valence-corrected chi connectivity index (χ1v) is 9.06. The van der Waals surface area contributed by atoms with Gasteiger partial charge < -0.3 is 10.2 Å². The molecular formula is C19H29FO2. The molecule has 0 saturated heterocycles. The highest BCUT2D eigenvalue weighted by Gasteiger charge is 2.61. The fraction of sp³-hybridized carbons (Fsp3) is 0.895. The van der Waals surface area contributed by atoms with E-state index in [9.17, 15) is 14.6 Å². The topological polar surface area (TPSA) is 40.5 Å². The first-order chi connectivity index (χ1) is 10.4. The van der Waals surface area contributed by atoms with Crippen molar-refractivity contribution in [2.24, 2.45) is 28.6 Å². The van der Waals surface area contributed by atoms with E-state index in [1.165, 1.54) is 5.57 Å². The Kier molecular flexibility index (Phi) is 3.30. The van der Waals surface area contributed by atoms with Crippen LogP contribution >= 0.6 is 0 Å². The summed E-state index contributed by atoms with van der Waals surface area (Å²) in [6.45, 7) is 4.44. The third-order valence-corrected chi connectivity index (χ3v) is 7.97. The van der Waals surface area contributed by atoms with Gasteiger partial charge in [0.1, 0.15) is 6.17 Å². The van der Waals surface area contributed by atoms with Crippen molar-refractivity contribution in [3.05, 3.63) is 11.6 Å². The van der Waals surface area contributed by atoms with Crippen molar-refractivity contribution in [1.29, 1.82) is 0 Å². The highest BCUT2D eigenvalue weighted by Crippen LogP contribution is 2.65. The number of aliphatic hydroxyl groups excluding tert-OH is 2. The van der Waals surface area contributed by atoms with E-state index < -0.39 is 12.3 Å². The van der Waals surface area contributed by atoms with Crippen molar-refractivity contribution in [1.82, 2.24) is 0 Å². The molecule has 124 valence electrons. The van der Waals surface area contributed by atoms with Crippen molar-refractivity contribution in [2.75, 3.05) is 0 Å². The van der Waals surface area contributed by atoms with E-state index in [0.717, 1.165) is 38.5 Å². The molecule has 0 radical (unpaired) electrons. The summed E-state index contributed by atoms with van der Waals surface area (Å²) < 4.78 is 14.2. The molecule has 0 spiro atoms. The second-order valence-electron chi connectivity index (χ2n) is 8.90. The number of aliphatic hydroxyl groups is 2. The third kappa shape index (κ3) is 1.84. The maximum atomic E-state index is 14.2. The van der Waals surface area contributed by atoms with Crippen LogP contribution in [0, 0.1) is 28.6 Å². The Balaban J connectivity index is 1.68. The molecule has 3 heteroatoms. The molecule has 8 atom stereocenters. The van der Waals surface area contributed by atoms with Crippen LogP contribution in [0.1, 0.15) is 58.8 Å². The Morgan fingerprint density at radius 2 is 1.95 bits per heavy atom. The van der Waals surface area contributed by atoms with Crippen LogP contribution in [0.2, 0.25) is 0 Å². The molecule has 4 rings (SSSR count). The lowest BCUT2D eigenvalue weighted by Gasteiger charge is -2.58. The number of halogens is 1. The number of alkyl halides is 1. The predicted molar refractivity (Wildman–Crippen MR) is 84.0 cm³/mol. The molecule has 0 aromatic heterocycles. The lowest BCUT2D eigenvalue weighted by molar-refractivity contribution is -0.0857. The lowest BCUT2D eigenvalue weighted by Crippen LogP contribution is -2.52. The lowest BCUT2D eigenvalue weighted by atomic mass is 9.47. The smallest absolute Gasteiger partial charge is 0.127 e. The summed E-state index contributed by atoms with van der Waals surface area (Å²) in [5.74, 6) is 1.38. The number of allylic oxidation sites excluding steroid dienone is 1. The van der Waals surface area contributed by atoms with Crippen LogP contribution in [0.5, 0.6) is 0 Å². The van der Waals surface area contributed by atoms with Crippen molar-refractivity contribution in [3.63, 3.8) is 0 Å². The van der Waals surface area contributed by atoms with Crippen molar-refractivity contribution >= 4 is 0 Å². The van der Waals surface area contributed by atoms with E-state index in [4.69, 9.17) is 0 Å². The highest BCUT2D eigenvalue weighted by atomic mass is 19.1. The predicted octanol–water partition coefficient (Wildman–Crippen LogP) is 3.62. The monoisotopic (exact) mass is 308 g/mol. The van der Waals surface area contributed by atoms with Gasteiger partial charge >= 0.3 is 0 Å². The Bertz CT molecular complexity index is 504. The molecule has 3 saturated carbocycles. The number of rotatable bonds is 0. The maximum absolute atomic E-state index is 14.2. The Hall–Kier alpha value is -0.410. The molecule has 4 aliphatic rings. The SMILES string of the molecule is C[C@]12CC[C@H]3[C@@H](CCC4=CC[C@H](O)C[C@@]43C)[C@@H]1C[C@@H](F)[C@@H]2O. The molecule has 2 N–H and O–H groups in total. The van der Waals surface area contributed by atoms with Crippen LogP contribution < -0.4 is 0 Å². The number of hydrogen-bond acceptors (Lipinski definition) is 2. The second kappa shape index (κ2) is 4.80. The average Bonchev–Trinajstić information content (AvgIpc) is 2.70. The summed E-state index contributed by atoms with van der Waals surface area (Å²) in [6.07, 6.45) is 6.68. The fourth-order valence-corrected chi connectivity index (χ4v) is 6.74. The fourth-order valence-electron chi connectivity index (χ4n) is 6.74. The van der Waals surface area contributed by atoms with Crippen molar-refractivity contribution in [3.8, 4) is 0 Å². The molecule has 0 bridgehead atoms. The quantitative estimate of drug-likeness (QED) is 0.671. The molecule has 0 heterocycles. The van der Waals surface area contributed by atoms with Gasteiger partial charge in [-0.15, -0.1) is 0 Å². The van der Waals surface area contributed by atoms with Gasteiger partial charge in [-0.2, -0.15) is 0 Å². The van der Waals surface area contributed by atoms with Crippen molar-refractivity contribution in [2.45, 2.75) is 77.2 Å². The van der Waals surface area contributed by atoms with Gasteiger partial charge in [-0.05, 0) is 73.5 Å². The summed E-state index contributed by atoms with van der Waals surface area (Å²) in [5, 5.41) is 20.5. The van der Waals surface area contributed by atoms with Gasteiger partial charge in [0.25, 0.3) is 0 Å². The Labute approximate surface area is 132 Å².